The molecule has 3 rings (SSSR count). The van der Waals surface area contributed by atoms with Gasteiger partial charge in [-0.1, -0.05) is 0 Å². The van der Waals surface area contributed by atoms with Crippen molar-refractivity contribution in [3.63, 3.8) is 0 Å². The molecule has 22 heavy (non-hydrogen) atoms. The van der Waals surface area contributed by atoms with Gasteiger partial charge in [0.1, 0.15) is 5.57 Å². The summed E-state index contributed by atoms with van der Waals surface area (Å²) in [6.45, 7) is 5.95. The van der Waals surface area contributed by atoms with Gasteiger partial charge in [0.05, 0.1) is 0 Å². The molecule has 1 saturated carbocycles. The normalized spacial score (nSPS) is 20.8. The van der Waals surface area contributed by atoms with Crippen LogP contribution in [0, 0.1) is 13.8 Å². The standard InChI is InChI=1S/C16H19N3O3/c1-4-18-15(21)13(14(20)17-16(18)22)8-11-7-9(2)19(10(11)3)12-5-6-12/h7-8,12H,4-6H2,1-3H3,(H,17,20,22)/b13-8+. The van der Waals surface area contributed by atoms with E-state index in [1.165, 1.54) is 12.8 Å². The van der Waals surface area contributed by atoms with Crippen molar-refractivity contribution in [2.75, 3.05) is 6.54 Å². The molecule has 0 aromatic carbocycles. The summed E-state index contributed by atoms with van der Waals surface area (Å²) in [7, 11) is 0. The lowest BCUT2D eigenvalue weighted by Crippen LogP contribution is -2.53. The summed E-state index contributed by atoms with van der Waals surface area (Å²) in [5.41, 5.74) is 3.04. The van der Waals surface area contributed by atoms with E-state index < -0.39 is 17.8 Å². The number of nitrogens with one attached hydrogen (secondary N) is 1. The second-order valence-corrected chi connectivity index (χ2v) is 5.79. The average molecular weight is 301 g/mol. The monoisotopic (exact) mass is 301 g/mol. The van der Waals surface area contributed by atoms with Crippen molar-refractivity contribution in [2.45, 2.75) is 39.7 Å². The molecule has 1 aromatic rings. The maximum Gasteiger partial charge on any atom is 0.331 e. The highest BCUT2D eigenvalue weighted by atomic mass is 16.2. The van der Waals surface area contributed by atoms with Crippen molar-refractivity contribution in [1.82, 2.24) is 14.8 Å². The molecule has 2 aliphatic rings. The Bertz CT molecular complexity index is 710. The molecule has 0 bridgehead atoms. The van der Waals surface area contributed by atoms with Crippen molar-refractivity contribution >= 4 is 23.9 Å². The van der Waals surface area contributed by atoms with Crippen LogP contribution in [0.2, 0.25) is 0 Å². The number of hydrogen-bond acceptors (Lipinski definition) is 3. The number of carbonyl (C=O) groups excluding carboxylic acids is 3. The van der Waals surface area contributed by atoms with Gasteiger partial charge in [0, 0.05) is 24.0 Å². The molecule has 2 fully saturated rings. The largest absolute Gasteiger partial charge is 0.346 e. The second kappa shape index (κ2) is 5.12. The van der Waals surface area contributed by atoms with Crippen LogP contribution in [0.15, 0.2) is 11.6 Å². The topological polar surface area (TPSA) is 71.4 Å². The summed E-state index contributed by atoms with van der Waals surface area (Å²) in [6, 6.07) is 1.86. The number of barbiturate groups is 1. The van der Waals surface area contributed by atoms with Crippen molar-refractivity contribution in [2.24, 2.45) is 0 Å². The second-order valence-electron chi connectivity index (χ2n) is 5.79. The Morgan fingerprint density at radius 1 is 1.27 bits per heavy atom. The third kappa shape index (κ3) is 2.24. The third-order valence-electron chi connectivity index (χ3n) is 4.24. The summed E-state index contributed by atoms with van der Waals surface area (Å²) in [4.78, 5) is 36.9. The fraction of sp³-hybridized carbons (Fsp3) is 0.438. The van der Waals surface area contributed by atoms with Crippen molar-refractivity contribution < 1.29 is 14.4 Å². The van der Waals surface area contributed by atoms with Crippen molar-refractivity contribution in [1.29, 1.82) is 0 Å². The molecule has 4 amide bonds. The molecule has 1 saturated heterocycles. The van der Waals surface area contributed by atoms with Crippen molar-refractivity contribution in [3.8, 4) is 0 Å². The summed E-state index contributed by atoms with van der Waals surface area (Å²) < 4.78 is 2.25. The molecule has 1 aromatic heterocycles. The molecule has 2 heterocycles. The van der Waals surface area contributed by atoms with Gasteiger partial charge in [0.25, 0.3) is 11.8 Å². The van der Waals surface area contributed by atoms with Crippen LogP contribution in [0.5, 0.6) is 0 Å². The van der Waals surface area contributed by atoms with Crippen LogP contribution in [0.4, 0.5) is 4.79 Å². The fourth-order valence-electron chi connectivity index (χ4n) is 2.98. The molecule has 6 nitrogen and oxygen atoms in total. The number of aryl methyl sites for hydroxylation is 1. The van der Waals surface area contributed by atoms with Crippen LogP contribution < -0.4 is 5.32 Å². The molecule has 1 N–H and O–H groups in total. The van der Waals surface area contributed by atoms with Gasteiger partial charge in [-0.3, -0.25) is 19.8 Å². The number of rotatable bonds is 3. The Morgan fingerprint density at radius 2 is 1.95 bits per heavy atom. The number of carbonyl (C=O) groups is 3. The van der Waals surface area contributed by atoms with Gasteiger partial charge in [0.15, 0.2) is 0 Å². The highest BCUT2D eigenvalue weighted by Crippen LogP contribution is 2.38. The smallest absolute Gasteiger partial charge is 0.331 e. The van der Waals surface area contributed by atoms with E-state index in [4.69, 9.17) is 0 Å². The molecule has 1 aliphatic heterocycles. The quantitative estimate of drug-likeness (QED) is 0.685. The number of amides is 4. The first-order valence-electron chi connectivity index (χ1n) is 7.51. The van der Waals surface area contributed by atoms with E-state index in [9.17, 15) is 14.4 Å². The average Bonchev–Trinajstić information content (AvgIpc) is 3.23. The Kier molecular flexibility index (Phi) is 3.39. The molecular weight excluding hydrogens is 282 g/mol. The lowest BCUT2D eigenvalue weighted by Gasteiger charge is -2.24. The van der Waals surface area contributed by atoms with Crippen LogP contribution in [-0.2, 0) is 9.59 Å². The predicted molar refractivity (Wildman–Crippen MR) is 81.1 cm³/mol. The van der Waals surface area contributed by atoms with Gasteiger partial charge < -0.3 is 4.57 Å². The van der Waals surface area contributed by atoms with Crippen molar-refractivity contribution in [3.05, 3.63) is 28.6 Å². The maximum atomic E-state index is 12.3. The van der Waals surface area contributed by atoms with E-state index in [1.807, 2.05) is 19.9 Å². The van der Waals surface area contributed by atoms with Gasteiger partial charge in [0.2, 0.25) is 0 Å². The predicted octanol–water partition coefficient (Wildman–Crippen LogP) is 1.92. The Labute approximate surface area is 128 Å². The van der Waals surface area contributed by atoms with E-state index >= 15 is 0 Å². The number of imide groups is 2. The fourth-order valence-corrected chi connectivity index (χ4v) is 2.98. The van der Waals surface area contributed by atoms with Gasteiger partial charge >= 0.3 is 6.03 Å². The Morgan fingerprint density at radius 3 is 2.55 bits per heavy atom. The first kappa shape index (κ1) is 14.6. The first-order valence-corrected chi connectivity index (χ1v) is 7.51. The number of nitrogens with zero attached hydrogens (tertiary/aromatic N) is 2. The van der Waals surface area contributed by atoms with Crippen LogP contribution in [0.1, 0.15) is 42.8 Å². The number of hydrogen-bond donors (Lipinski definition) is 1. The minimum absolute atomic E-state index is 0.0116. The summed E-state index contributed by atoms with van der Waals surface area (Å²) >= 11 is 0. The Hall–Kier alpha value is -2.37. The maximum absolute atomic E-state index is 12.3. The number of urea groups is 1. The van der Waals surface area contributed by atoms with Gasteiger partial charge in [-0.15, -0.1) is 0 Å². The molecule has 0 unspecified atom stereocenters. The number of likely N-dealkylation sites (N-methyl/N-ethyl adjacent to an activating group) is 1. The minimum Gasteiger partial charge on any atom is -0.346 e. The van der Waals surface area contributed by atoms with E-state index in [0.29, 0.717) is 6.04 Å². The Balaban J connectivity index is 2.00. The first-order chi connectivity index (χ1) is 10.4. The zero-order valence-electron chi connectivity index (χ0n) is 13.0. The van der Waals surface area contributed by atoms with Crippen LogP contribution in [0.3, 0.4) is 0 Å². The van der Waals surface area contributed by atoms with E-state index in [-0.39, 0.29) is 12.1 Å². The molecule has 0 spiro atoms. The zero-order chi connectivity index (χ0) is 16.0. The lowest BCUT2D eigenvalue weighted by atomic mass is 10.1. The third-order valence-corrected chi connectivity index (χ3v) is 4.24. The summed E-state index contributed by atoms with van der Waals surface area (Å²) in [5.74, 6) is -1.16. The summed E-state index contributed by atoms with van der Waals surface area (Å²) in [5, 5.41) is 2.21. The van der Waals surface area contributed by atoms with Crippen LogP contribution in [-0.4, -0.2) is 33.9 Å². The molecule has 0 atom stereocenters. The molecule has 1 aliphatic carbocycles. The molecular formula is C16H19N3O3. The highest BCUT2D eigenvalue weighted by molar-refractivity contribution is 6.31. The molecule has 6 heteroatoms. The minimum atomic E-state index is -0.655. The SMILES string of the molecule is CCN1C(=O)NC(=O)/C(=C\c2cc(C)n(C3CC3)c2C)C1=O. The van der Waals surface area contributed by atoms with Gasteiger partial charge in [-0.2, -0.15) is 0 Å². The molecule has 0 radical (unpaired) electrons. The molecule has 116 valence electrons. The van der Waals surface area contributed by atoms with Gasteiger partial charge in [-0.25, -0.2) is 4.79 Å². The van der Waals surface area contributed by atoms with E-state index in [0.717, 1.165) is 21.9 Å². The van der Waals surface area contributed by atoms with E-state index in [2.05, 4.69) is 9.88 Å². The van der Waals surface area contributed by atoms with Crippen LogP contribution >= 0.6 is 0 Å². The summed E-state index contributed by atoms with van der Waals surface area (Å²) in [6.07, 6.45) is 3.93. The van der Waals surface area contributed by atoms with Crippen LogP contribution in [0.25, 0.3) is 6.08 Å². The zero-order valence-corrected chi connectivity index (χ0v) is 13.0. The number of aromatic nitrogens is 1. The lowest BCUT2D eigenvalue weighted by molar-refractivity contribution is -0.129. The van der Waals surface area contributed by atoms with E-state index in [1.54, 1.807) is 13.0 Å². The van der Waals surface area contributed by atoms with Gasteiger partial charge in [-0.05, 0) is 51.3 Å². The highest BCUT2D eigenvalue weighted by Gasteiger charge is 2.35.